The number of H-pyrrole nitrogens is 1. The lowest BCUT2D eigenvalue weighted by Crippen LogP contribution is -1.89. The van der Waals surface area contributed by atoms with Gasteiger partial charge in [0.1, 0.15) is 5.82 Å². The van der Waals surface area contributed by atoms with E-state index < -0.39 is 0 Å². The number of ether oxygens (including phenoxy) is 1. The van der Waals surface area contributed by atoms with Gasteiger partial charge in [-0.15, -0.1) is 0 Å². The van der Waals surface area contributed by atoms with Crippen LogP contribution >= 0.6 is 0 Å². The van der Waals surface area contributed by atoms with Crippen LogP contribution in [-0.2, 0) is 6.42 Å². The van der Waals surface area contributed by atoms with Crippen molar-refractivity contribution in [3.05, 3.63) is 18.0 Å². The number of nitrogens with zero attached hydrogens (tertiary/aromatic N) is 2. The van der Waals surface area contributed by atoms with Gasteiger partial charge in [-0.3, -0.25) is 0 Å². The van der Waals surface area contributed by atoms with Crippen LogP contribution in [0.3, 0.4) is 0 Å². The zero-order chi connectivity index (χ0) is 10.3. The number of aromatic nitrogens is 3. The first kappa shape index (κ1) is 8.71. The number of hydrogen-bond donors (Lipinski definition) is 1. The highest BCUT2D eigenvalue weighted by Gasteiger charge is 2.23. The van der Waals surface area contributed by atoms with Crippen molar-refractivity contribution < 1.29 is 4.74 Å². The number of methoxy groups -OCH3 is 1. The summed E-state index contributed by atoms with van der Waals surface area (Å²) >= 11 is 0. The fourth-order valence-electron chi connectivity index (χ4n) is 1.73. The van der Waals surface area contributed by atoms with Gasteiger partial charge < -0.3 is 9.72 Å². The second-order valence-electron chi connectivity index (χ2n) is 4.06. The molecule has 2 aromatic rings. The molecule has 0 spiro atoms. The van der Waals surface area contributed by atoms with E-state index in [4.69, 9.17) is 4.74 Å². The molecule has 1 aliphatic rings. The molecule has 4 nitrogen and oxygen atoms in total. The Morgan fingerprint density at radius 3 is 3.00 bits per heavy atom. The number of nitrogens with one attached hydrogen (secondary N) is 1. The average Bonchev–Trinajstić information content (AvgIpc) is 2.96. The average molecular weight is 203 g/mol. The van der Waals surface area contributed by atoms with Crippen LogP contribution in [0.4, 0.5) is 0 Å². The van der Waals surface area contributed by atoms with Gasteiger partial charge >= 0.3 is 0 Å². The summed E-state index contributed by atoms with van der Waals surface area (Å²) < 4.78 is 5.06. The maximum Gasteiger partial charge on any atom is 0.215 e. The van der Waals surface area contributed by atoms with E-state index in [2.05, 4.69) is 15.0 Å². The molecule has 3 rings (SSSR count). The number of pyridine rings is 1. The van der Waals surface area contributed by atoms with E-state index in [1.165, 1.54) is 12.8 Å². The lowest BCUT2D eigenvalue weighted by Gasteiger charge is -1.95. The molecule has 4 heteroatoms. The zero-order valence-electron chi connectivity index (χ0n) is 8.66. The van der Waals surface area contributed by atoms with Crippen LogP contribution in [0.2, 0.25) is 0 Å². The standard InChI is InChI=1S/C11H13N3O/c1-15-10-5-4-8-11(14-10)13-9(12-8)6-7-2-3-7/h4-5,7H,2-3,6H2,1H3,(H,12,13,14). The Balaban J connectivity index is 1.97. The van der Waals surface area contributed by atoms with Crippen molar-refractivity contribution in [2.75, 3.05) is 7.11 Å². The van der Waals surface area contributed by atoms with Crippen molar-refractivity contribution in [1.29, 1.82) is 0 Å². The molecule has 1 aliphatic carbocycles. The third-order valence-corrected chi connectivity index (χ3v) is 2.76. The maximum absolute atomic E-state index is 5.06. The van der Waals surface area contributed by atoms with Gasteiger partial charge in [-0.1, -0.05) is 0 Å². The third kappa shape index (κ3) is 1.67. The van der Waals surface area contributed by atoms with Gasteiger partial charge in [0.15, 0.2) is 5.65 Å². The molecule has 78 valence electrons. The molecule has 0 aliphatic heterocycles. The number of hydrogen-bond acceptors (Lipinski definition) is 3. The fraction of sp³-hybridized carbons (Fsp3) is 0.455. The number of fused-ring (bicyclic) bond motifs is 1. The summed E-state index contributed by atoms with van der Waals surface area (Å²) in [5, 5.41) is 0. The van der Waals surface area contributed by atoms with E-state index in [0.29, 0.717) is 5.88 Å². The summed E-state index contributed by atoms with van der Waals surface area (Å²) in [4.78, 5) is 12.0. The van der Waals surface area contributed by atoms with E-state index in [9.17, 15) is 0 Å². The van der Waals surface area contributed by atoms with Crippen molar-refractivity contribution in [1.82, 2.24) is 15.0 Å². The van der Waals surface area contributed by atoms with Crippen molar-refractivity contribution in [2.45, 2.75) is 19.3 Å². The minimum atomic E-state index is 0.618. The third-order valence-electron chi connectivity index (χ3n) is 2.76. The number of imidazole rings is 1. The second-order valence-corrected chi connectivity index (χ2v) is 4.06. The SMILES string of the molecule is COc1ccc2[nH]c(CC3CC3)nc2n1. The van der Waals surface area contributed by atoms with Gasteiger partial charge in [-0.05, 0) is 24.8 Å². The summed E-state index contributed by atoms with van der Waals surface area (Å²) in [5.41, 5.74) is 1.75. The van der Waals surface area contributed by atoms with E-state index in [1.54, 1.807) is 7.11 Å². The molecule has 0 amide bonds. The van der Waals surface area contributed by atoms with Crippen LogP contribution in [0.25, 0.3) is 11.2 Å². The molecule has 1 N–H and O–H groups in total. The Morgan fingerprint density at radius 2 is 2.27 bits per heavy atom. The number of aromatic amines is 1. The van der Waals surface area contributed by atoms with E-state index in [-0.39, 0.29) is 0 Å². The van der Waals surface area contributed by atoms with Crippen LogP contribution in [0.5, 0.6) is 5.88 Å². The van der Waals surface area contributed by atoms with Crippen LogP contribution in [0.1, 0.15) is 18.7 Å². The Morgan fingerprint density at radius 1 is 1.40 bits per heavy atom. The Kier molecular flexibility index (Phi) is 1.87. The molecule has 1 fully saturated rings. The molecular weight excluding hydrogens is 190 g/mol. The van der Waals surface area contributed by atoms with Crippen molar-refractivity contribution >= 4 is 11.2 Å². The predicted octanol–water partition coefficient (Wildman–Crippen LogP) is 1.92. The lowest BCUT2D eigenvalue weighted by molar-refractivity contribution is 0.399. The van der Waals surface area contributed by atoms with Gasteiger partial charge in [-0.25, -0.2) is 4.98 Å². The number of rotatable bonds is 3. The first-order valence-electron chi connectivity index (χ1n) is 5.25. The molecule has 0 unspecified atom stereocenters. The summed E-state index contributed by atoms with van der Waals surface area (Å²) in [6.07, 6.45) is 3.74. The van der Waals surface area contributed by atoms with Crippen LogP contribution in [-0.4, -0.2) is 22.1 Å². The fourth-order valence-corrected chi connectivity index (χ4v) is 1.73. The van der Waals surface area contributed by atoms with Gasteiger partial charge in [0.05, 0.1) is 12.6 Å². The van der Waals surface area contributed by atoms with Gasteiger partial charge in [0, 0.05) is 12.5 Å². The van der Waals surface area contributed by atoms with Crippen molar-refractivity contribution in [2.24, 2.45) is 5.92 Å². The monoisotopic (exact) mass is 203 g/mol. The van der Waals surface area contributed by atoms with E-state index in [1.807, 2.05) is 12.1 Å². The first-order chi connectivity index (χ1) is 7.35. The predicted molar refractivity (Wildman–Crippen MR) is 56.9 cm³/mol. The molecule has 0 saturated heterocycles. The lowest BCUT2D eigenvalue weighted by atomic mass is 10.3. The van der Waals surface area contributed by atoms with Gasteiger partial charge in [0.2, 0.25) is 5.88 Å². The molecule has 1 saturated carbocycles. The van der Waals surface area contributed by atoms with Gasteiger partial charge in [0.25, 0.3) is 0 Å². The normalized spacial score (nSPS) is 15.8. The molecule has 0 bridgehead atoms. The molecular formula is C11H13N3O. The first-order valence-corrected chi connectivity index (χ1v) is 5.25. The van der Waals surface area contributed by atoms with Crippen LogP contribution < -0.4 is 4.74 Å². The molecule has 0 radical (unpaired) electrons. The van der Waals surface area contributed by atoms with E-state index in [0.717, 1.165) is 29.3 Å². The Hall–Kier alpha value is -1.58. The molecule has 0 atom stereocenters. The zero-order valence-corrected chi connectivity index (χ0v) is 8.66. The molecule has 2 aromatic heterocycles. The molecule has 0 aromatic carbocycles. The van der Waals surface area contributed by atoms with E-state index >= 15 is 0 Å². The summed E-state index contributed by atoms with van der Waals surface area (Å²) in [6.45, 7) is 0. The highest BCUT2D eigenvalue weighted by atomic mass is 16.5. The Bertz CT molecular complexity index is 488. The smallest absolute Gasteiger partial charge is 0.215 e. The quantitative estimate of drug-likeness (QED) is 0.829. The minimum Gasteiger partial charge on any atom is -0.481 e. The van der Waals surface area contributed by atoms with Crippen LogP contribution in [0, 0.1) is 5.92 Å². The Labute approximate surface area is 87.7 Å². The maximum atomic E-state index is 5.06. The highest BCUT2D eigenvalue weighted by Crippen LogP contribution is 2.32. The van der Waals surface area contributed by atoms with Crippen LogP contribution in [0.15, 0.2) is 12.1 Å². The summed E-state index contributed by atoms with van der Waals surface area (Å²) in [5.74, 6) is 2.51. The largest absolute Gasteiger partial charge is 0.481 e. The second kappa shape index (κ2) is 3.22. The summed E-state index contributed by atoms with van der Waals surface area (Å²) in [6, 6.07) is 3.81. The minimum absolute atomic E-state index is 0.618. The summed E-state index contributed by atoms with van der Waals surface area (Å²) in [7, 11) is 1.62. The highest BCUT2D eigenvalue weighted by molar-refractivity contribution is 5.71. The van der Waals surface area contributed by atoms with Crippen molar-refractivity contribution in [3.63, 3.8) is 0 Å². The van der Waals surface area contributed by atoms with Crippen molar-refractivity contribution in [3.8, 4) is 5.88 Å². The van der Waals surface area contributed by atoms with Gasteiger partial charge in [-0.2, -0.15) is 4.98 Å². The topological polar surface area (TPSA) is 50.8 Å². The molecule has 2 heterocycles. The molecule has 15 heavy (non-hydrogen) atoms.